The molecule has 0 saturated heterocycles. The van der Waals surface area contributed by atoms with E-state index < -0.39 is 18.1 Å². The van der Waals surface area contributed by atoms with Crippen LogP contribution in [0, 0.1) is 5.92 Å². The average Bonchev–Trinajstić information content (AvgIpc) is 2.44. The molecule has 4 nitrogen and oxygen atoms in total. The second kappa shape index (κ2) is 7.70. The molecule has 0 aliphatic carbocycles. The standard InChI is InChI=1S/C16H23NO3/c1-11(2)15(17)16(18)20-13(4)12(3)19-10-14-8-6-5-7-9-14/h5-9,11,13,15H,3,10,17H2,1-2,4H3. The molecule has 4 heteroatoms. The fraction of sp³-hybridized carbons (Fsp3) is 0.438. The lowest BCUT2D eigenvalue weighted by molar-refractivity contribution is -0.151. The lowest BCUT2D eigenvalue weighted by Gasteiger charge is -2.20. The minimum absolute atomic E-state index is 0.0354. The van der Waals surface area contributed by atoms with Crippen molar-refractivity contribution < 1.29 is 14.3 Å². The summed E-state index contributed by atoms with van der Waals surface area (Å²) < 4.78 is 10.8. The molecule has 2 N–H and O–H groups in total. The number of ether oxygens (including phenoxy) is 2. The van der Waals surface area contributed by atoms with Crippen molar-refractivity contribution in [2.75, 3.05) is 0 Å². The van der Waals surface area contributed by atoms with Gasteiger partial charge in [-0.1, -0.05) is 50.8 Å². The summed E-state index contributed by atoms with van der Waals surface area (Å²) in [5.41, 5.74) is 6.76. The molecule has 0 saturated carbocycles. The van der Waals surface area contributed by atoms with Gasteiger partial charge in [0, 0.05) is 0 Å². The first-order valence-corrected chi connectivity index (χ1v) is 6.73. The molecule has 1 aromatic rings. The van der Waals surface area contributed by atoms with E-state index in [4.69, 9.17) is 15.2 Å². The van der Waals surface area contributed by atoms with E-state index in [1.54, 1.807) is 6.92 Å². The highest BCUT2D eigenvalue weighted by molar-refractivity contribution is 5.76. The smallest absolute Gasteiger partial charge is 0.323 e. The molecule has 2 atom stereocenters. The summed E-state index contributed by atoms with van der Waals surface area (Å²) in [6, 6.07) is 9.10. The summed E-state index contributed by atoms with van der Waals surface area (Å²) >= 11 is 0. The predicted octanol–water partition coefficient (Wildman–Crippen LogP) is 2.63. The average molecular weight is 277 g/mol. The van der Waals surface area contributed by atoms with Crippen LogP contribution in [0.1, 0.15) is 26.3 Å². The van der Waals surface area contributed by atoms with Crippen LogP contribution in [0.25, 0.3) is 0 Å². The number of carbonyl (C=O) groups excluding carboxylic acids is 1. The fourth-order valence-corrected chi connectivity index (χ4v) is 1.46. The molecule has 0 spiro atoms. The van der Waals surface area contributed by atoms with Crippen molar-refractivity contribution in [2.45, 2.75) is 39.5 Å². The number of benzene rings is 1. The minimum Gasteiger partial charge on any atom is -0.490 e. The van der Waals surface area contributed by atoms with Gasteiger partial charge in [0.25, 0.3) is 0 Å². The molecule has 0 amide bonds. The Labute approximate surface area is 120 Å². The van der Waals surface area contributed by atoms with Gasteiger partial charge in [-0.25, -0.2) is 0 Å². The Hall–Kier alpha value is -1.81. The number of nitrogens with two attached hydrogens (primary N) is 1. The van der Waals surface area contributed by atoms with Gasteiger partial charge in [-0.05, 0) is 18.4 Å². The Kier molecular flexibility index (Phi) is 6.25. The van der Waals surface area contributed by atoms with Gasteiger partial charge in [0.15, 0.2) is 6.10 Å². The Bertz CT molecular complexity index is 442. The van der Waals surface area contributed by atoms with Crippen molar-refractivity contribution >= 4 is 5.97 Å². The number of rotatable bonds is 7. The van der Waals surface area contributed by atoms with Crippen molar-refractivity contribution in [3.05, 3.63) is 48.2 Å². The maximum absolute atomic E-state index is 11.7. The molecular weight excluding hydrogens is 254 g/mol. The Balaban J connectivity index is 2.41. The van der Waals surface area contributed by atoms with Gasteiger partial charge in [-0.15, -0.1) is 0 Å². The highest BCUT2D eigenvalue weighted by Gasteiger charge is 2.22. The molecule has 0 heterocycles. The normalized spacial score (nSPS) is 13.7. The first-order chi connectivity index (χ1) is 9.41. The highest BCUT2D eigenvalue weighted by Crippen LogP contribution is 2.12. The first kappa shape index (κ1) is 16.2. The quantitative estimate of drug-likeness (QED) is 0.615. The van der Waals surface area contributed by atoms with Crippen LogP contribution in [0.5, 0.6) is 0 Å². The van der Waals surface area contributed by atoms with Gasteiger partial charge < -0.3 is 15.2 Å². The molecule has 0 aromatic heterocycles. The van der Waals surface area contributed by atoms with E-state index in [2.05, 4.69) is 6.58 Å². The summed E-state index contributed by atoms with van der Waals surface area (Å²) in [7, 11) is 0. The maximum atomic E-state index is 11.7. The second-order valence-electron chi connectivity index (χ2n) is 5.09. The van der Waals surface area contributed by atoms with Gasteiger partial charge in [0.2, 0.25) is 0 Å². The van der Waals surface area contributed by atoms with E-state index in [1.807, 2.05) is 44.2 Å². The highest BCUT2D eigenvalue weighted by atomic mass is 16.6. The largest absolute Gasteiger partial charge is 0.490 e. The molecule has 0 fully saturated rings. The Morgan fingerprint density at radius 2 is 1.85 bits per heavy atom. The second-order valence-corrected chi connectivity index (χ2v) is 5.09. The van der Waals surface area contributed by atoms with E-state index in [1.165, 1.54) is 0 Å². The molecular formula is C16H23NO3. The maximum Gasteiger partial charge on any atom is 0.323 e. The SMILES string of the molecule is C=C(OCc1ccccc1)C(C)OC(=O)C(N)C(C)C. The van der Waals surface area contributed by atoms with Gasteiger partial charge in [-0.3, -0.25) is 4.79 Å². The number of hydrogen-bond acceptors (Lipinski definition) is 4. The van der Waals surface area contributed by atoms with Crippen molar-refractivity contribution in [3.63, 3.8) is 0 Å². The van der Waals surface area contributed by atoms with Crippen molar-refractivity contribution in [1.29, 1.82) is 0 Å². The predicted molar refractivity (Wildman–Crippen MR) is 78.7 cm³/mol. The zero-order valence-corrected chi connectivity index (χ0v) is 12.3. The Morgan fingerprint density at radius 3 is 2.40 bits per heavy atom. The van der Waals surface area contributed by atoms with Crippen LogP contribution >= 0.6 is 0 Å². The summed E-state index contributed by atoms with van der Waals surface area (Å²) in [5, 5.41) is 0. The van der Waals surface area contributed by atoms with E-state index in [9.17, 15) is 4.79 Å². The van der Waals surface area contributed by atoms with Gasteiger partial charge in [0.1, 0.15) is 18.4 Å². The zero-order valence-electron chi connectivity index (χ0n) is 12.3. The van der Waals surface area contributed by atoms with E-state index in [0.717, 1.165) is 5.56 Å². The van der Waals surface area contributed by atoms with Crippen molar-refractivity contribution in [2.24, 2.45) is 11.7 Å². The molecule has 1 rings (SSSR count). The lowest BCUT2D eigenvalue weighted by atomic mass is 10.1. The molecule has 0 aliphatic heterocycles. The third-order valence-electron chi connectivity index (χ3n) is 3.00. The lowest BCUT2D eigenvalue weighted by Crippen LogP contribution is -2.38. The molecule has 2 unspecified atom stereocenters. The van der Waals surface area contributed by atoms with Crippen LogP contribution in [0.15, 0.2) is 42.7 Å². The van der Waals surface area contributed by atoms with E-state index in [0.29, 0.717) is 12.4 Å². The number of hydrogen-bond donors (Lipinski definition) is 1. The summed E-state index contributed by atoms with van der Waals surface area (Å²) in [5.74, 6) is 0.0170. The summed E-state index contributed by atoms with van der Waals surface area (Å²) in [6.45, 7) is 9.65. The molecule has 20 heavy (non-hydrogen) atoms. The van der Waals surface area contributed by atoms with Crippen LogP contribution in [-0.4, -0.2) is 18.1 Å². The van der Waals surface area contributed by atoms with Crippen molar-refractivity contribution in [1.82, 2.24) is 0 Å². The fourth-order valence-electron chi connectivity index (χ4n) is 1.46. The van der Waals surface area contributed by atoms with Crippen LogP contribution < -0.4 is 5.73 Å². The van der Waals surface area contributed by atoms with Crippen molar-refractivity contribution in [3.8, 4) is 0 Å². The first-order valence-electron chi connectivity index (χ1n) is 6.73. The van der Waals surface area contributed by atoms with Gasteiger partial charge in [-0.2, -0.15) is 0 Å². The summed E-state index contributed by atoms with van der Waals surface area (Å²) in [6.07, 6.45) is -0.518. The third kappa shape index (κ3) is 5.05. The van der Waals surface area contributed by atoms with Gasteiger partial charge >= 0.3 is 5.97 Å². The molecule has 0 radical (unpaired) electrons. The zero-order chi connectivity index (χ0) is 15.1. The minimum atomic E-state index is -0.626. The topological polar surface area (TPSA) is 61.5 Å². The molecule has 110 valence electrons. The third-order valence-corrected chi connectivity index (χ3v) is 3.00. The molecule has 0 bridgehead atoms. The van der Waals surface area contributed by atoms with Crippen LogP contribution in [-0.2, 0) is 20.9 Å². The van der Waals surface area contributed by atoms with Crippen LogP contribution in [0.4, 0.5) is 0 Å². The number of esters is 1. The van der Waals surface area contributed by atoms with E-state index in [-0.39, 0.29) is 5.92 Å². The Morgan fingerprint density at radius 1 is 1.25 bits per heavy atom. The van der Waals surface area contributed by atoms with Gasteiger partial charge in [0.05, 0.1) is 0 Å². The summed E-state index contributed by atoms with van der Waals surface area (Å²) in [4.78, 5) is 11.7. The monoisotopic (exact) mass is 277 g/mol. The van der Waals surface area contributed by atoms with E-state index >= 15 is 0 Å². The molecule has 1 aromatic carbocycles. The van der Waals surface area contributed by atoms with Crippen LogP contribution in [0.3, 0.4) is 0 Å². The van der Waals surface area contributed by atoms with Crippen LogP contribution in [0.2, 0.25) is 0 Å². The number of carbonyl (C=O) groups is 1. The molecule has 0 aliphatic rings.